The van der Waals surface area contributed by atoms with E-state index in [0.29, 0.717) is 0 Å². The van der Waals surface area contributed by atoms with Crippen molar-refractivity contribution in [3.05, 3.63) is 135 Å². The van der Waals surface area contributed by atoms with Crippen molar-refractivity contribution in [3.8, 4) is 0 Å². The molecule has 0 atom stereocenters. The van der Waals surface area contributed by atoms with Gasteiger partial charge in [0.15, 0.2) is 0 Å². The highest BCUT2D eigenvalue weighted by Crippen LogP contribution is 2.55. The maximum atomic E-state index is 2.76. The first-order chi connectivity index (χ1) is 31.2. The van der Waals surface area contributed by atoms with Crippen LogP contribution in [0.1, 0.15) is 173 Å². The minimum Gasteiger partial charge on any atom is -0.311 e. The Morgan fingerprint density at radius 3 is 1.55 bits per heavy atom. The quantitative estimate of drug-likeness (QED) is 0.160. The molecular formula is C63H73BN2S. The predicted octanol–water partition coefficient (Wildman–Crippen LogP) is 16.4. The Morgan fingerprint density at radius 1 is 0.463 bits per heavy atom. The van der Waals surface area contributed by atoms with Crippen LogP contribution in [0.2, 0.25) is 0 Å². The normalized spacial score (nSPS) is 18.7. The number of hydrogen-bond acceptors (Lipinski definition) is 3. The van der Waals surface area contributed by atoms with Crippen molar-refractivity contribution in [2.75, 3.05) is 9.80 Å². The van der Waals surface area contributed by atoms with Crippen molar-refractivity contribution in [2.24, 2.45) is 0 Å². The number of nitrogens with zero attached hydrogens (tertiary/aromatic N) is 2. The van der Waals surface area contributed by atoms with Gasteiger partial charge in [-0.1, -0.05) is 139 Å². The van der Waals surface area contributed by atoms with Crippen LogP contribution in [-0.4, -0.2) is 6.71 Å². The van der Waals surface area contributed by atoms with Gasteiger partial charge < -0.3 is 9.80 Å². The molecule has 2 aliphatic heterocycles. The molecular weight excluding hydrogens is 828 g/mol. The van der Waals surface area contributed by atoms with Crippen LogP contribution >= 0.6 is 11.3 Å². The van der Waals surface area contributed by atoms with Crippen molar-refractivity contribution >= 4 is 88.7 Å². The van der Waals surface area contributed by atoms with Crippen LogP contribution < -0.4 is 26.2 Å². The third-order valence-corrected chi connectivity index (χ3v) is 18.6. The van der Waals surface area contributed by atoms with Crippen molar-refractivity contribution in [1.82, 2.24) is 0 Å². The van der Waals surface area contributed by atoms with Crippen molar-refractivity contribution < 1.29 is 0 Å². The Hall–Kier alpha value is -4.80. The summed E-state index contributed by atoms with van der Waals surface area (Å²) < 4.78 is 2.75. The molecule has 0 unspecified atom stereocenters. The van der Waals surface area contributed by atoms with Gasteiger partial charge in [-0.05, 0) is 188 Å². The molecule has 11 rings (SSSR count). The highest BCUT2D eigenvalue weighted by molar-refractivity contribution is 7.26. The lowest BCUT2D eigenvalue weighted by molar-refractivity contribution is 0.332. The van der Waals surface area contributed by atoms with Gasteiger partial charge in [-0.15, -0.1) is 11.3 Å². The monoisotopic (exact) mass is 901 g/mol. The van der Waals surface area contributed by atoms with Crippen LogP contribution in [0.25, 0.3) is 20.2 Å². The van der Waals surface area contributed by atoms with Crippen molar-refractivity contribution in [2.45, 2.75) is 176 Å². The molecule has 1 aromatic heterocycles. The second kappa shape index (κ2) is 14.2. The minimum absolute atomic E-state index is 0.0523. The fourth-order valence-electron chi connectivity index (χ4n) is 12.8. The molecule has 0 spiro atoms. The lowest BCUT2D eigenvalue weighted by Crippen LogP contribution is -2.62. The molecule has 3 heterocycles. The SMILES string of the molecule is Cc1cc2c3c(c1)N(c1cc4c(cc1C)C(C)(C)CCC4(C)C)c1c(ccc4c1sc1ccc(C(C)(C)C)cc14)B3c1cc3c(cc1N2c1ccc(C(C)(C)C)cc1C)C(C)(C)CCC3(C)C. The number of benzene rings is 6. The molecule has 67 heavy (non-hydrogen) atoms. The molecule has 0 saturated heterocycles. The highest BCUT2D eigenvalue weighted by Gasteiger charge is 2.48. The lowest BCUT2D eigenvalue weighted by atomic mass is 9.33. The van der Waals surface area contributed by atoms with Crippen LogP contribution in [0.4, 0.5) is 34.1 Å². The summed E-state index contributed by atoms with van der Waals surface area (Å²) in [6.45, 7) is 41.0. The fraction of sp³-hybridized carbons (Fsp3) is 0.429. The van der Waals surface area contributed by atoms with Crippen LogP contribution in [-0.2, 0) is 32.5 Å². The van der Waals surface area contributed by atoms with E-state index < -0.39 is 0 Å². The van der Waals surface area contributed by atoms with E-state index >= 15 is 0 Å². The first kappa shape index (κ1) is 44.7. The molecule has 4 heteroatoms. The molecule has 0 radical (unpaired) electrons. The first-order valence-corrected chi connectivity index (χ1v) is 26.2. The third kappa shape index (κ3) is 6.61. The molecule has 2 nitrogen and oxygen atoms in total. The summed E-state index contributed by atoms with van der Waals surface area (Å²) in [5, 5.41) is 2.74. The summed E-state index contributed by atoms with van der Waals surface area (Å²) in [5.74, 6) is 0. The van der Waals surface area contributed by atoms with Crippen LogP contribution in [0.15, 0.2) is 84.9 Å². The van der Waals surface area contributed by atoms with E-state index in [4.69, 9.17) is 0 Å². The fourth-order valence-corrected chi connectivity index (χ4v) is 14.0. The molecule has 0 amide bonds. The Bertz CT molecular complexity index is 3270. The summed E-state index contributed by atoms with van der Waals surface area (Å²) in [4.78, 5) is 5.45. The molecule has 2 aliphatic carbocycles. The Kier molecular flexibility index (Phi) is 9.44. The molecule has 0 fully saturated rings. The van der Waals surface area contributed by atoms with E-state index in [-0.39, 0.29) is 39.2 Å². The van der Waals surface area contributed by atoms with Gasteiger partial charge in [-0.25, -0.2) is 0 Å². The van der Waals surface area contributed by atoms with E-state index in [9.17, 15) is 0 Å². The summed E-state index contributed by atoms with van der Waals surface area (Å²) in [7, 11) is 0. The average Bonchev–Trinajstić information content (AvgIpc) is 3.62. The largest absolute Gasteiger partial charge is 0.311 e. The predicted molar refractivity (Wildman–Crippen MR) is 296 cm³/mol. The number of anilines is 6. The maximum Gasteiger partial charge on any atom is 0.252 e. The molecule has 0 saturated carbocycles. The summed E-state index contributed by atoms with van der Waals surface area (Å²) in [6.07, 6.45) is 4.75. The van der Waals surface area contributed by atoms with Crippen LogP contribution in [0.3, 0.4) is 0 Å². The Morgan fingerprint density at radius 2 is 0.970 bits per heavy atom. The second-order valence-corrected chi connectivity index (χ2v) is 27.2. The van der Waals surface area contributed by atoms with Gasteiger partial charge >= 0.3 is 0 Å². The van der Waals surface area contributed by atoms with E-state index in [1.807, 2.05) is 11.3 Å². The molecule has 7 aromatic rings. The maximum absolute atomic E-state index is 2.76. The summed E-state index contributed by atoms with van der Waals surface area (Å²) in [6, 6.07) is 35.2. The number of aryl methyl sites for hydroxylation is 3. The lowest BCUT2D eigenvalue weighted by Gasteiger charge is -2.48. The van der Waals surface area contributed by atoms with E-state index in [0.717, 1.165) is 0 Å². The van der Waals surface area contributed by atoms with Gasteiger partial charge in [0, 0.05) is 43.9 Å². The smallest absolute Gasteiger partial charge is 0.252 e. The zero-order valence-electron chi connectivity index (χ0n) is 43.8. The summed E-state index contributed by atoms with van der Waals surface area (Å²) in [5.41, 5.74) is 25.4. The van der Waals surface area contributed by atoms with Gasteiger partial charge in [-0.2, -0.15) is 0 Å². The molecule has 4 aliphatic rings. The van der Waals surface area contributed by atoms with Crippen LogP contribution in [0, 0.1) is 20.8 Å². The number of thiophene rings is 1. The molecule has 0 N–H and O–H groups in total. The molecule has 6 aromatic carbocycles. The van der Waals surface area contributed by atoms with E-state index in [1.54, 1.807) is 0 Å². The topological polar surface area (TPSA) is 6.48 Å². The molecule has 0 bridgehead atoms. The van der Waals surface area contributed by atoms with Gasteiger partial charge in [0.25, 0.3) is 6.71 Å². The zero-order valence-corrected chi connectivity index (χ0v) is 44.6. The molecule has 344 valence electrons. The minimum atomic E-state index is 0.0523. The number of hydrogen-bond donors (Lipinski definition) is 0. The number of fused-ring (bicyclic) bond motifs is 10. The van der Waals surface area contributed by atoms with E-state index in [2.05, 4.69) is 212 Å². The zero-order chi connectivity index (χ0) is 47.9. The third-order valence-electron chi connectivity index (χ3n) is 17.4. The highest BCUT2D eigenvalue weighted by atomic mass is 32.1. The van der Waals surface area contributed by atoms with Gasteiger partial charge in [0.05, 0.1) is 10.4 Å². The van der Waals surface area contributed by atoms with Gasteiger partial charge in [-0.3, -0.25) is 0 Å². The standard InChI is InChI=1S/C63H73BN2S/c1-36-28-52-55-53(29-36)66(50-34-45-43(31-38(50)3)60(10,11)24-26-62(45,14)15)56-47(21-20-41-42-32-40(59(7,8)9)19-23-54(42)67-57(41)56)64(55)48-33-44-46(63(16,17)27-25-61(44,12)13)35-51(48)65(52)49-22-18-39(30-37(49)2)58(4,5)6/h18-23,28-35H,24-27H2,1-17H3. The van der Waals surface area contributed by atoms with Gasteiger partial charge in [0.1, 0.15) is 0 Å². The van der Waals surface area contributed by atoms with Crippen LogP contribution in [0.5, 0.6) is 0 Å². The Balaban J connectivity index is 1.29. The summed E-state index contributed by atoms with van der Waals surface area (Å²) >= 11 is 2.00. The average molecular weight is 901 g/mol. The van der Waals surface area contributed by atoms with Crippen molar-refractivity contribution in [3.63, 3.8) is 0 Å². The second-order valence-electron chi connectivity index (χ2n) is 26.2. The van der Waals surface area contributed by atoms with E-state index in [1.165, 1.54) is 146 Å². The van der Waals surface area contributed by atoms with Crippen molar-refractivity contribution in [1.29, 1.82) is 0 Å². The van der Waals surface area contributed by atoms with Gasteiger partial charge in [0.2, 0.25) is 0 Å². The number of rotatable bonds is 2. The first-order valence-electron chi connectivity index (χ1n) is 25.4. The Labute approximate surface area is 407 Å².